The average molecular weight is 618 g/mol. The van der Waals surface area contributed by atoms with E-state index in [2.05, 4.69) is 16.1 Å². The number of sulfonamides is 1. The number of anilines is 1. The first-order valence-electron chi connectivity index (χ1n) is 11.6. The normalized spacial score (nSPS) is 16.3. The van der Waals surface area contributed by atoms with Gasteiger partial charge in [0.2, 0.25) is 10.0 Å². The molecule has 0 unspecified atom stereocenters. The zero-order valence-corrected chi connectivity index (χ0v) is 22.9. The highest BCUT2D eigenvalue weighted by atomic mass is 79.9. The molecule has 1 atom stereocenters. The number of ether oxygens (including phenoxy) is 1. The highest BCUT2D eigenvalue weighted by Gasteiger charge is 2.43. The summed E-state index contributed by atoms with van der Waals surface area (Å²) in [5.74, 6) is -2.76. The molecule has 0 aliphatic carbocycles. The molecule has 3 rings (SSSR count). The second-order valence-electron chi connectivity index (χ2n) is 8.56. The molecule has 1 heterocycles. The monoisotopic (exact) mass is 617 g/mol. The minimum atomic E-state index is -5.19. The summed E-state index contributed by atoms with van der Waals surface area (Å²) < 4.78 is 71.3. The zero-order chi connectivity index (χ0) is 27.9. The van der Waals surface area contributed by atoms with Crippen molar-refractivity contribution in [2.75, 3.05) is 25.0 Å². The highest BCUT2D eigenvalue weighted by Crippen LogP contribution is 2.29. The molecule has 2 aromatic carbocycles. The predicted molar refractivity (Wildman–Crippen MR) is 140 cm³/mol. The number of hydrogen-bond donors (Lipinski definition) is 0. The molecular formula is C25H27BrF3N3O5S. The van der Waals surface area contributed by atoms with Gasteiger partial charge in [-0.25, -0.2) is 13.2 Å². The Morgan fingerprint density at radius 1 is 1.13 bits per heavy atom. The average Bonchev–Trinajstić information content (AvgIpc) is 3.34. The summed E-state index contributed by atoms with van der Waals surface area (Å²) in [4.78, 5) is 26.9. The second kappa shape index (κ2) is 12.8. The van der Waals surface area contributed by atoms with E-state index < -0.39 is 46.5 Å². The van der Waals surface area contributed by atoms with Gasteiger partial charge in [-0.1, -0.05) is 60.7 Å². The van der Waals surface area contributed by atoms with Crippen molar-refractivity contribution in [3.8, 4) is 0 Å². The van der Waals surface area contributed by atoms with Crippen LogP contribution in [0.2, 0.25) is 0 Å². The van der Waals surface area contributed by atoms with Crippen molar-refractivity contribution < 1.29 is 35.9 Å². The Labute approximate surface area is 228 Å². The summed E-state index contributed by atoms with van der Waals surface area (Å²) in [6.07, 6.45) is -1.53. The predicted octanol–water partition coefficient (Wildman–Crippen LogP) is 5.01. The maximum absolute atomic E-state index is 13.5. The van der Waals surface area contributed by atoms with E-state index >= 15 is 0 Å². The van der Waals surface area contributed by atoms with Crippen LogP contribution in [0.1, 0.15) is 24.0 Å². The number of para-hydroxylation sites is 1. The van der Waals surface area contributed by atoms with Crippen molar-refractivity contribution in [3.63, 3.8) is 0 Å². The zero-order valence-electron chi connectivity index (χ0n) is 20.5. The van der Waals surface area contributed by atoms with Crippen molar-refractivity contribution in [1.29, 1.82) is 0 Å². The van der Waals surface area contributed by atoms with E-state index in [1.54, 1.807) is 6.08 Å². The van der Waals surface area contributed by atoms with Crippen LogP contribution in [-0.4, -0.2) is 61.0 Å². The summed E-state index contributed by atoms with van der Waals surface area (Å²) in [6, 6.07) is 14.2. The largest absolute Gasteiger partial charge is 0.471 e. The first-order chi connectivity index (χ1) is 17.9. The summed E-state index contributed by atoms with van der Waals surface area (Å²) in [5, 5.41) is 0. The van der Waals surface area contributed by atoms with Gasteiger partial charge in [-0.05, 0) is 30.0 Å². The molecule has 38 heavy (non-hydrogen) atoms. The van der Waals surface area contributed by atoms with Crippen LogP contribution in [0.15, 0.2) is 66.7 Å². The molecule has 0 saturated carbocycles. The number of amides is 2. The van der Waals surface area contributed by atoms with E-state index in [0.29, 0.717) is 24.3 Å². The molecule has 1 saturated heterocycles. The molecule has 0 aromatic heterocycles. The molecule has 1 aliphatic rings. The smallest absolute Gasteiger partial charge is 0.445 e. The van der Waals surface area contributed by atoms with Gasteiger partial charge in [0.25, 0.3) is 0 Å². The number of halogens is 4. The molecular weight excluding hydrogens is 591 g/mol. The van der Waals surface area contributed by atoms with E-state index in [9.17, 15) is 31.2 Å². The lowest BCUT2D eigenvalue weighted by molar-refractivity contribution is -0.170. The fourth-order valence-corrected chi connectivity index (χ4v) is 5.09. The van der Waals surface area contributed by atoms with E-state index in [0.717, 1.165) is 8.89 Å². The number of likely N-dealkylation sites (tertiary alicyclic amines) is 1. The molecule has 206 valence electrons. The molecule has 0 N–H and O–H groups in total. The lowest BCUT2D eigenvalue weighted by Gasteiger charge is -2.26. The summed E-state index contributed by atoms with van der Waals surface area (Å²) in [7, 11) is -2.66. The third-order valence-corrected chi connectivity index (χ3v) is 8.64. The van der Waals surface area contributed by atoms with Gasteiger partial charge in [-0.3, -0.25) is 4.79 Å². The Morgan fingerprint density at radius 3 is 2.45 bits per heavy atom. The fourth-order valence-electron chi connectivity index (χ4n) is 3.97. The Kier molecular flexibility index (Phi) is 9.96. The number of rotatable bonds is 9. The SMILES string of the molecule is CN(Br)S(=O)(=O)Cc1ccccc1N(C/C=C/[C@H]1CCCN1C(=O)OCc1ccccc1)C(=O)C(F)(F)F. The first-order valence-corrected chi connectivity index (χ1v) is 13.9. The molecule has 0 bridgehead atoms. The molecule has 13 heteroatoms. The van der Waals surface area contributed by atoms with E-state index in [1.807, 2.05) is 30.3 Å². The molecule has 2 aromatic rings. The Bertz CT molecular complexity index is 1260. The molecule has 0 spiro atoms. The van der Waals surface area contributed by atoms with Gasteiger partial charge >= 0.3 is 18.2 Å². The highest BCUT2D eigenvalue weighted by molar-refractivity contribution is 9.08. The molecule has 0 radical (unpaired) electrons. The number of hydrogen-bond acceptors (Lipinski definition) is 5. The van der Waals surface area contributed by atoms with Crippen LogP contribution in [0.3, 0.4) is 0 Å². The minimum absolute atomic E-state index is 0.0248. The number of nitrogens with zero attached hydrogens (tertiary/aromatic N) is 3. The van der Waals surface area contributed by atoms with Crippen molar-refractivity contribution in [1.82, 2.24) is 8.23 Å². The quantitative estimate of drug-likeness (QED) is 0.292. The lowest BCUT2D eigenvalue weighted by atomic mass is 10.1. The summed E-state index contributed by atoms with van der Waals surface area (Å²) >= 11 is 2.83. The second-order valence-corrected chi connectivity index (χ2v) is 12.1. The molecule has 8 nitrogen and oxygen atoms in total. The standard InChI is InChI=1S/C25H27BrF3N3O5S/c1-30(26)38(35,36)18-20-11-5-6-14-22(20)32(23(33)25(27,28)29)16-8-13-21-12-7-15-31(21)24(34)37-17-19-9-3-2-4-10-19/h2-6,8-11,13-14,21H,7,12,15-18H2,1H3/b13-8+/t21-/m1/s1. The van der Waals surface area contributed by atoms with E-state index in [-0.39, 0.29) is 17.9 Å². The van der Waals surface area contributed by atoms with Crippen molar-refractivity contribution in [2.24, 2.45) is 0 Å². The van der Waals surface area contributed by atoms with E-state index in [1.165, 1.54) is 42.3 Å². The van der Waals surface area contributed by atoms with Crippen LogP contribution in [0, 0.1) is 0 Å². The fraction of sp³-hybridized carbons (Fsp3) is 0.360. The molecule has 1 fully saturated rings. The van der Waals surface area contributed by atoms with Gasteiger partial charge in [0.1, 0.15) is 6.61 Å². The Hall–Kier alpha value is -2.90. The van der Waals surface area contributed by atoms with Crippen LogP contribution < -0.4 is 4.90 Å². The summed E-state index contributed by atoms with van der Waals surface area (Å²) in [6.45, 7) is 0.0291. The number of benzene rings is 2. The third kappa shape index (κ3) is 7.81. The minimum Gasteiger partial charge on any atom is -0.445 e. The summed E-state index contributed by atoms with van der Waals surface area (Å²) in [5.41, 5.74) is 0.667. The van der Waals surface area contributed by atoms with Gasteiger partial charge < -0.3 is 14.5 Å². The van der Waals surface area contributed by atoms with Gasteiger partial charge in [0.15, 0.2) is 0 Å². The molecule has 1 aliphatic heterocycles. The Balaban J connectivity index is 1.77. The van der Waals surface area contributed by atoms with Crippen molar-refractivity contribution in [2.45, 2.75) is 37.4 Å². The number of carbonyl (C=O) groups excluding carboxylic acids is 2. The molecule has 2 amide bonds. The lowest BCUT2D eigenvalue weighted by Crippen LogP contribution is -2.42. The topological polar surface area (TPSA) is 87.2 Å². The number of carbonyl (C=O) groups is 2. The maximum atomic E-state index is 13.5. The maximum Gasteiger partial charge on any atom is 0.471 e. The van der Waals surface area contributed by atoms with Crippen LogP contribution >= 0.6 is 16.1 Å². The van der Waals surface area contributed by atoms with Crippen LogP contribution in [0.4, 0.5) is 23.7 Å². The van der Waals surface area contributed by atoms with Gasteiger partial charge in [-0.15, -0.1) is 3.33 Å². The van der Waals surface area contributed by atoms with Crippen LogP contribution in [-0.2, 0) is 31.9 Å². The van der Waals surface area contributed by atoms with Gasteiger partial charge in [0.05, 0.1) is 11.8 Å². The third-order valence-electron chi connectivity index (χ3n) is 5.88. The van der Waals surface area contributed by atoms with E-state index in [4.69, 9.17) is 4.74 Å². The van der Waals surface area contributed by atoms with Gasteiger partial charge in [0, 0.05) is 42.0 Å². The van der Waals surface area contributed by atoms with Crippen molar-refractivity contribution in [3.05, 3.63) is 77.9 Å². The van der Waals surface area contributed by atoms with Crippen molar-refractivity contribution >= 4 is 43.9 Å². The number of alkyl halides is 3. The van der Waals surface area contributed by atoms with Crippen LogP contribution in [0.5, 0.6) is 0 Å². The van der Waals surface area contributed by atoms with Crippen LogP contribution in [0.25, 0.3) is 0 Å². The first kappa shape index (κ1) is 29.7. The van der Waals surface area contributed by atoms with Gasteiger partial charge in [-0.2, -0.15) is 13.2 Å². The Morgan fingerprint density at radius 2 is 1.79 bits per heavy atom.